The van der Waals surface area contributed by atoms with Gasteiger partial charge in [-0.2, -0.15) is 0 Å². The van der Waals surface area contributed by atoms with Crippen molar-refractivity contribution in [2.75, 3.05) is 23.4 Å². The molecule has 0 bridgehead atoms. The molecule has 0 radical (unpaired) electrons. The molecule has 8 heteroatoms. The lowest BCUT2D eigenvalue weighted by Gasteiger charge is -2.17. The van der Waals surface area contributed by atoms with Gasteiger partial charge in [0.15, 0.2) is 6.61 Å². The quantitative estimate of drug-likeness (QED) is 0.467. The fourth-order valence-electron chi connectivity index (χ4n) is 4.11. The molecule has 0 unspecified atom stereocenters. The Labute approximate surface area is 209 Å². The van der Waals surface area contributed by atoms with Crippen molar-refractivity contribution in [3.63, 3.8) is 0 Å². The Bertz CT molecular complexity index is 1190. The molecular formula is C27H29N3O4S. The van der Waals surface area contributed by atoms with E-state index in [1.165, 1.54) is 0 Å². The van der Waals surface area contributed by atoms with E-state index in [0.29, 0.717) is 24.5 Å². The van der Waals surface area contributed by atoms with Gasteiger partial charge in [0, 0.05) is 29.2 Å². The average Bonchev–Trinajstić information content (AvgIpc) is 3.52. The molecule has 1 aliphatic heterocycles. The van der Waals surface area contributed by atoms with Gasteiger partial charge in [0.1, 0.15) is 5.75 Å². The molecule has 35 heavy (non-hydrogen) atoms. The summed E-state index contributed by atoms with van der Waals surface area (Å²) in [5, 5.41) is 7.83. The number of thiophene rings is 1. The Morgan fingerprint density at radius 1 is 1.11 bits per heavy atom. The van der Waals surface area contributed by atoms with Gasteiger partial charge >= 0.3 is 0 Å². The number of aryl methyl sites for hydroxylation is 2. The van der Waals surface area contributed by atoms with Crippen molar-refractivity contribution in [2.24, 2.45) is 5.92 Å². The Balaban J connectivity index is 1.29. The predicted octanol–water partition coefficient (Wildman–Crippen LogP) is 4.31. The monoisotopic (exact) mass is 491 g/mol. The first-order chi connectivity index (χ1) is 16.9. The summed E-state index contributed by atoms with van der Waals surface area (Å²) in [6.07, 6.45) is 1.01. The largest absolute Gasteiger partial charge is 0.484 e. The first kappa shape index (κ1) is 24.5. The first-order valence-corrected chi connectivity index (χ1v) is 12.5. The van der Waals surface area contributed by atoms with Gasteiger partial charge in [-0.25, -0.2) is 0 Å². The van der Waals surface area contributed by atoms with Crippen LogP contribution in [0.2, 0.25) is 0 Å². The lowest BCUT2D eigenvalue weighted by atomic mass is 10.1. The van der Waals surface area contributed by atoms with Gasteiger partial charge in [-0.1, -0.05) is 31.2 Å². The van der Waals surface area contributed by atoms with Crippen molar-refractivity contribution in [1.82, 2.24) is 5.32 Å². The molecule has 4 rings (SSSR count). The van der Waals surface area contributed by atoms with Crippen LogP contribution in [-0.4, -0.2) is 30.9 Å². The molecule has 3 amide bonds. The molecule has 1 atom stereocenters. The Morgan fingerprint density at radius 2 is 1.91 bits per heavy atom. The number of hydrogen-bond donors (Lipinski definition) is 2. The molecule has 2 aromatic carbocycles. The second-order valence-corrected chi connectivity index (χ2v) is 9.53. The maximum atomic E-state index is 12.5. The molecule has 1 fully saturated rings. The molecule has 0 spiro atoms. The topological polar surface area (TPSA) is 87.7 Å². The Morgan fingerprint density at radius 3 is 2.63 bits per heavy atom. The van der Waals surface area contributed by atoms with E-state index < -0.39 is 0 Å². The standard InChI is InChI=1S/C27H29N3O4S/c1-3-19-7-4-6-18(2)26(19)29-24(31)17-34-22-11-9-21(10-12-22)30-16-20(14-25(30)32)27(33)28-15-23-8-5-13-35-23/h4-13,20H,3,14-17H2,1-2H3,(H,28,33)(H,29,31)/t20-/m1/s1. The lowest BCUT2D eigenvalue weighted by molar-refractivity contribution is -0.126. The maximum absolute atomic E-state index is 12.5. The number of hydrogen-bond acceptors (Lipinski definition) is 5. The Hall–Kier alpha value is -3.65. The minimum Gasteiger partial charge on any atom is -0.484 e. The maximum Gasteiger partial charge on any atom is 0.262 e. The predicted molar refractivity (Wildman–Crippen MR) is 138 cm³/mol. The fraction of sp³-hybridized carbons (Fsp3) is 0.296. The second-order valence-electron chi connectivity index (χ2n) is 8.50. The number of carbonyl (C=O) groups excluding carboxylic acids is 3. The lowest BCUT2D eigenvalue weighted by Crippen LogP contribution is -2.32. The highest BCUT2D eigenvalue weighted by molar-refractivity contribution is 7.09. The second kappa shape index (κ2) is 11.2. The zero-order valence-corrected chi connectivity index (χ0v) is 20.7. The summed E-state index contributed by atoms with van der Waals surface area (Å²) in [5.41, 5.74) is 3.63. The van der Waals surface area contributed by atoms with Gasteiger partial charge < -0.3 is 20.3 Å². The smallest absolute Gasteiger partial charge is 0.262 e. The van der Waals surface area contributed by atoms with Gasteiger partial charge in [0.25, 0.3) is 5.91 Å². The average molecular weight is 492 g/mol. The molecule has 0 saturated carbocycles. The Kier molecular flexibility index (Phi) is 7.82. The van der Waals surface area contributed by atoms with Crippen molar-refractivity contribution >= 4 is 40.4 Å². The van der Waals surface area contributed by atoms with E-state index in [1.54, 1.807) is 40.5 Å². The number of para-hydroxylation sites is 1. The molecule has 7 nitrogen and oxygen atoms in total. The van der Waals surface area contributed by atoms with Crippen LogP contribution in [0.1, 0.15) is 29.3 Å². The van der Waals surface area contributed by atoms with Crippen LogP contribution in [0.5, 0.6) is 5.75 Å². The summed E-state index contributed by atoms with van der Waals surface area (Å²) in [4.78, 5) is 40.2. The minimum atomic E-state index is -0.378. The normalized spacial score (nSPS) is 15.2. The summed E-state index contributed by atoms with van der Waals surface area (Å²) in [7, 11) is 0. The van der Waals surface area contributed by atoms with Gasteiger partial charge in [0.2, 0.25) is 11.8 Å². The SMILES string of the molecule is CCc1cccc(C)c1NC(=O)COc1ccc(N2C[C@H](C(=O)NCc3cccs3)CC2=O)cc1. The summed E-state index contributed by atoms with van der Waals surface area (Å²) in [5.74, 6) is -0.276. The van der Waals surface area contributed by atoms with E-state index >= 15 is 0 Å². The van der Waals surface area contributed by atoms with Crippen LogP contribution in [0.3, 0.4) is 0 Å². The number of benzene rings is 2. The van der Waals surface area contributed by atoms with E-state index in [4.69, 9.17) is 4.74 Å². The van der Waals surface area contributed by atoms with E-state index in [2.05, 4.69) is 10.6 Å². The van der Waals surface area contributed by atoms with Crippen LogP contribution in [0.4, 0.5) is 11.4 Å². The third kappa shape index (κ3) is 6.08. The van der Waals surface area contributed by atoms with Crippen LogP contribution in [-0.2, 0) is 27.3 Å². The van der Waals surface area contributed by atoms with Gasteiger partial charge in [-0.15, -0.1) is 11.3 Å². The van der Waals surface area contributed by atoms with Crippen molar-refractivity contribution in [2.45, 2.75) is 33.2 Å². The third-order valence-electron chi connectivity index (χ3n) is 6.04. The molecule has 2 heterocycles. The summed E-state index contributed by atoms with van der Waals surface area (Å²) < 4.78 is 5.65. The van der Waals surface area contributed by atoms with Crippen LogP contribution in [0, 0.1) is 12.8 Å². The summed E-state index contributed by atoms with van der Waals surface area (Å²) in [6.45, 7) is 4.71. The molecule has 2 N–H and O–H groups in total. The van der Waals surface area contributed by atoms with Gasteiger partial charge in [-0.05, 0) is 60.2 Å². The van der Waals surface area contributed by atoms with Crippen LogP contribution < -0.4 is 20.3 Å². The summed E-state index contributed by atoms with van der Waals surface area (Å²) >= 11 is 1.59. The molecule has 182 valence electrons. The number of carbonyl (C=O) groups is 3. The van der Waals surface area contributed by atoms with Crippen LogP contribution in [0.15, 0.2) is 60.0 Å². The molecule has 0 aliphatic carbocycles. The van der Waals surface area contributed by atoms with Crippen molar-refractivity contribution in [3.8, 4) is 5.75 Å². The van der Waals surface area contributed by atoms with E-state index in [-0.39, 0.29) is 36.7 Å². The van der Waals surface area contributed by atoms with E-state index in [1.807, 2.05) is 49.6 Å². The number of nitrogens with zero attached hydrogens (tertiary/aromatic N) is 1. The van der Waals surface area contributed by atoms with Crippen molar-refractivity contribution in [3.05, 3.63) is 76.0 Å². The highest BCUT2D eigenvalue weighted by Crippen LogP contribution is 2.27. The van der Waals surface area contributed by atoms with Crippen molar-refractivity contribution in [1.29, 1.82) is 0 Å². The minimum absolute atomic E-state index is 0.0840. The number of ether oxygens (including phenoxy) is 1. The van der Waals surface area contributed by atoms with Gasteiger partial charge in [-0.3, -0.25) is 14.4 Å². The van der Waals surface area contributed by atoms with E-state index in [0.717, 1.165) is 28.1 Å². The van der Waals surface area contributed by atoms with Gasteiger partial charge in [0.05, 0.1) is 12.5 Å². The molecule has 3 aromatic rings. The van der Waals surface area contributed by atoms with Crippen molar-refractivity contribution < 1.29 is 19.1 Å². The van der Waals surface area contributed by atoms with Crippen LogP contribution in [0.25, 0.3) is 0 Å². The number of amides is 3. The number of nitrogens with one attached hydrogen (secondary N) is 2. The zero-order chi connectivity index (χ0) is 24.8. The zero-order valence-electron chi connectivity index (χ0n) is 19.9. The third-order valence-corrected chi connectivity index (χ3v) is 6.91. The molecule has 1 saturated heterocycles. The van der Waals surface area contributed by atoms with E-state index in [9.17, 15) is 14.4 Å². The molecular weight excluding hydrogens is 462 g/mol. The fourth-order valence-corrected chi connectivity index (χ4v) is 4.76. The number of anilines is 2. The molecule has 1 aromatic heterocycles. The molecule has 1 aliphatic rings. The summed E-state index contributed by atoms with van der Waals surface area (Å²) in [6, 6.07) is 16.9. The number of rotatable bonds is 9. The highest BCUT2D eigenvalue weighted by Gasteiger charge is 2.35. The highest BCUT2D eigenvalue weighted by atomic mass is 32.1. The van der Waals surface area contributed by atoms with Crippen LogP contribution >= 0.6 is 11.3 Å². The first-order valence-electron chi connectivity index (χ1n) is 11.7.